The minimum Gasteiger partial charge on any atom is -0.455 e. The zero-order valence-electron chi connectivity index (χ0n) is 9.39. The van der Waals surface area contributed by atoms with Crippen molar-refractivity contribution in [2.75, 3.05) is 0 Å². The molecule has 0 atom stereocenters. The topological polar surface area (TPSA) is 30.2 Å². The Hall–Kier alpha value is -1.87. The Kier molecular flexibility index (Phi) is 2.76. The van der Waals surface area contributed by atoms with E-state index in [-0.39, 0.29) is 0 Å². The van der Waals surface area contributed by atoms with Crippen LogP contribution in [0.25, 0.3) is 22.3 Å². The molecule has 88 valence electrons. The van der Waals surface area contributed by atoms with Gasteiger partial charge in [-0.05, 0) is 12.1 Å². The maximum atomic E-state index is 11.3. The molecule has 0 amide bonds. The lowest BCUT2D eigenvalue weighted by molar-refractivity contribution is 0.112. The van der Waals surface area contributed by atoms with E-state index in [2.05, 4.69) is 15.9 Å². The molecule has 0 N–H and O–H groups in total. The van der Waals surface area contributed by atoms with Crippen LogP contribution in [0.2, 0.25) is 0 Å². The number of aldehydes is 1. The molecule has 0 aliphatic rings. The first-order valence-electron chi connectivity index (χ1n) is 5.53. The summed E-state index contributed by atoms with van der Waals surface area (Å²) in [5.41, 5.74) is 2.21. The maximum Gasteiger partial charge on any atom is 0.154 e. The van der Waals surface area contributed by atoms with E-state index in [1.165, 1.54) is 0 Å². The standard InChI is InChI=1S/C15H9BrO2/c16-13-7-3-1-6-11(13)15-12(9-17)10-5-2-4-8-14(10)18-15/h1-9H. The molecule has 0 spiro atoms. The van der Waals surface area contributed by atoms with Crippen molar-refractivity contribution < 1.29 is 9.21 Å². The molecule has 2 nitrogen and oxygen atoms in total. The van der Waals surface area contributed by atoms with E-state index < -0.39 is 0 Å². The van der Waals surface area contributed by atoms with Gasteiger partial charge in [-0.15, -0.1) is 0 Å². The van der Waals surface area contributed by atoms with Gasteiger partial charge in [-0.25, -0.2) is 0 Å². The number of carbonyl (C=O) groups excluding carboxylic acids is 1. The molecule has 3 rings (SSSR count). The highest BCUT2D eigenvalue weighted by atomic mass is 79.9. The van der Waals surface area contributed by atoms with Crippen LogP contribution >= 0.6 is 15.9 Å². The zero-order valence-corrected chi connectivity index (χ0v) is 11.0. The van der Waals surface area contributed by atoms with Gasteiger partial charge < -0.3 is 4.42 Å². The van der Waals surface area contributed by atoms with E-state index in [1.807, 2.05) is 48.5 Å². The van der Waals surface area contributed by atoms with Crippen molar-refractivity contribution in [1.82, 2.24) is 0 Å². The van der Waals surface area contributed by atoms with Gasteiger partial charge >= 0.3 is 0 Å². The summed E-state index contributed by atoms with van der Waals surface area (Å²) < 4.78 is 6.71. The summed E-state index contributed by atoms with van der Waals surface area (Å²) in [5, 5.41) is 0.846. The Morgan fingerprint density at radius 2 is 1.72 bits per heavy atom. The fourth-order valence-electron chi connectivity index (χ4n) is 2.03. The third-order valence-electron chi connectivity index (χ3n) is 2.87. The summed E-state index contributed by atoms with van der Waals surface area (Å²) in [6.07, 6.45) is 0.848. The Morgan fingerprint density at radius 1 is 1.00 bits per heavy atom. The Morgan fingerprint density at radius 3 is 2.50 bits per heavy atom. The van der Waals surface area contributed by atoms with Gasteiger partial charge in [0, 0.05) is 15.4 Å². The molecule has 0 saturated heterocycles. The Labute approximate surface area is 112 Å². The molecule has 18 heavy (non-hydrogen) atoms. The van der Waals surface area contributed by atoms with Gasteiger partial charge in [-0.3, -0.25) is 4.79 Å². The Balaban J connectivity index is 2.36. The quantitative estimate of drug-likeness (QED) is 0.644. The van der Waals surface area contributed by atoms with E-state index in [0.29, 0.717) is 11.3 Å². The van der Waals surface area contributed by atoms with Crippen molar-refractivity contribution in [2.24, 2.45) is 0 Å². The lowest BCUT2D eigenvalue weighted by Crippen LogP contribution is -1.83. The number of hydrogen-bond acceptors (Lipinski definition) is 2. The van der Waals surface area contributed by atoms with Gasteiger partial charge in [0.15, 0.2) is 6.29 Å². The van der Waals surface area contributed by atoms with Crippen LogP contribution in [0.3, 0.4) is 0 Å². The highest BCUT2D eigenvalue weighted by Crippen LogP contribution is 2.35. The van der Waals surface area contributed by atoms with Crippen LogP contribution in [0, 0.1) is 0 Å². The highest BCUT2D eigenvalue weighted by Gasteiger charge is 2.16. The van der Waals surface area contributed by atoms with Gasteiger partial charge in [0.2, 0.25) is 0 Å². The van der Waals surface area contributed by atoms with E-state index >= 15 is 0 Å². The van der Waals surface area contributed by atoms with Gasteiger partial charge in [0.25, 0.3) is 0 Å². The van der Waals surface area contributed by atoms with E-state index in [0.717, 1.165) is 27.3 Å². The van der Waals surface area contributed by atoms with Crippen molar-refractivity contribution in [3.63, 3.8) is 0 Å². The number of halogens is 1. The van der Waals surface area contributed by atoms with Crippen molar-refractivity contribution in [3.8, 4) is 11.3 Å². The van der Waals surface area contributed by atoms with Crippen LogP contribution in [-0.4, -0.2) is 6.29 Å². The molecule has 1 aromatic heterocycles. The predicted molar refractivity (Wildman–Crippen MR) is 74.7 cm³/mol. The Bertz CT molecular complexity index is 728. The van der Waals surface area contributed by atoms with E-state index in [9.17, 15) is 4.79 Å². The van der Waals surface area contributed by atoms with Crippen molar-refractivity contribution in [2.45, 2.75) is 0 Å². The first-order chi connectivity index (χ1) is 8.81. The van der Waals surface area contributed by atoms with Crippen LogP contribution in [-0.2, 0) is 0 Å². The monoisotopic (exact) mass is 300 g/mol. The first-order valence-corrected chi connectivity index (χ1v) is 6.32. The second kappa shape index (κ2) is 4.42. The third kappa shape index (κ3) is 1.68. The predicted octanol–water partition coefficient (Wildman–Crippen LogP) is 4.67. The number of furan rings is 1. The normalized spacial score (nSPS) is 10.7. The number of benzene rings is 2. The maximum absolute atomic E-state index is 11.3. The van der Waals surface area contributed by atoms with Gasteiger partial charge in [0.05, 0.1) is 5.56 Å². The summed E-state index contributed by atoms with van der Waals surface area (Å²) in [6, 6.07) is 15.2. The fourth-order valence-corrected chi connectivity index (χ4v) is 2.49. The summed E-state index contributed by atoms with van der Waals surface area (Å²) in [5.74, 6) is 0.610. The molecule has 3 heteroatoms. The average molecular weight is 301 g/mol. The van der Waals surface area contributed by atoms with Gasteiger partial charge in [0.1, 0.15) is 11.3 Å². The number of para-hydroxylation sites is 1. The minimum absolute atomic E-state index is 0.595. The lowest BCUT2D eigenvalue weighted by Gasteiger charge is -2.00. The average Bonchev–Trinajstić information content (AvgIpc) is 2.77. The van der Waals surface area contributed by atoms with Crippen LogP contribution in [0.4, 0.5) is 0 Å². The molecule has 0 fully saturated rings. The minimum atomic E-state index is 0.595. The smallest absolute Gasteiger partial charge is 0.154 e. The molecule has 1 heterocycles. The molecule has 0 aliphatic carbocycles. The molecule has 0 saturated carbocycles. The number of hydrogen-bond donors (Lipinski definition) is 0. The second-order valence-corrected chi connectivity index (χ2v) is 4.79. The SMILES string of the molecule is O=Cc1c(-c2ccccc2Br)oc2ccccc12. The summed E-state index contributed by atoms with van der Waals surface area (Å²) in [4.78, 5) is 11.3. The summed E-state index contributed by atoms with van der Waals surface area (Å²) >= 11 is 3.48. The molecule has 2 aromatic carbocycles. The second-order valence-electron chi connectivity index (χ2n) is 3.94. The number of fused-ring (bicyclic) bond motifs is 1. The van der Waals surface area contributed by atoms with Crippen molar-refractivity contribution in [1.29, 1.82) is 0 Å². The number of rotatable bonds is 2. The zero-order chi connectivity index (χ0) is 12.5. The molecular formula is C15H9BrO2. The first kappa shape index (κ1) is 11.2. The van der Waals surface area contributed by atoms with Gasteiger partial charge in [-0.1, -0.05) is 52.3 Å². The van der Waals surface area contributed by atoms with Crippen LogP contribution in [0.1, 0.15) is 10.4 Å². The summed E-state index contributed by atoms with van der Waals surface area (Å²) in [6.45, 7) is 0. The molecule has 3 aromatic rings. The highest BCUT2D eigenvalue weighted by molar-refractivity contribution is 9.10. The largest absolute Gasteiger partial charge is 0.455 e. The molecule has 0 aliphatic heterocycles. The van der Waals surface area contributed by atoms with Crippen molar-refractivity contribution in [3.05, 3.63) is 58.6 Å². The van der Waals surface area contributed by atoms with Crippen molar-refractivity contribution >= 4 is 33.2 Å². The number of carbonyl (C=O) groups is 1. The van der Waals surface area contributed by atoms with E-state index in [1.54, 1.807) is 0 Å². The van der Waals surface area contributed by atoms with Crippen LogP contribution < -0.4 is 0 Å². The van der Waals surface area contributed by atoms with Gasteiger partial charge in [-0.2, -0.15) is 0 Å². The van der Waals surface area contributed by atoms with E-state index in [4.69, 9.17) is 4.42 Å². The molecule has 0 bridgehead atoms. The molecule has 0 unspecified atom stereocenters. The lowest BCUT2D eigenvalue weighted by atomic mass is 10.1. The molecular weight excluding hydrogens is 292 g/mol. The third-order valence-corrected chi connectivity index (χ3v) is 3.56. The fraction of sp³-hybridized carbons (Fsp3) is 0. The molecule has 0 radical (unpaired) electrons. The van der Waals surface area contributed by atoms with Crippen LogP contribution in [0.5, 0.6) is 0 Å². The van der Waals surface area contributed by atoms with Crippen LogP contribution in [0.15, 0.2) is 57.4 Å². The summed E-state index contributed by atoms with van der Waals surface area (Å²) in [7, 11) is 0.